The Bertz CT molecular complexity index is 686. The van der Waals surface area contributed by atoms with Crippen LogP contribution in [0.4, 0.5) is 13.2 Å². The van der Waals surface area contributed by atoms with Gasteiger partial charge in [0.15, 0.2) is 0 Å². The Morgan fingerprint density at radius 3 is 2.38 bits per heavy atom. The number of nitrogens with two attached hydrogens (primary N) is 1. The second-order valence-electron chi connectivity index (χ2n) is 4.10. The van der Waals surface area contributed by atoms with Crippen LogP contribution in [0.3, 0.4) is 0 Å². The molecule has 2 aromatic carbocycles. The lowest BCUT2D eigenvalue weighted by Gasteiger charge is -2.13. The van der Waals surface area contributed by atoms with Crippen molar-refractivity contribution in [3.63, 3.8) is 0 Å². The van der Waals surface area contributed by atoms with Crippen LogP contribution in [0.1, 0.15) is 10.4 Å². The Morgan fingerprint density at radius 2 is 1.81 bits per heavy atom. The molecule has 0 aliphatic rings. The summed E-state index contributed by atoms with van der Waals surface area (Å²) in [4.78, 5) is 11.1. The highest BCUT2D eigenvalue weighted by Gasteiger charge is 2.32. The van der Waals surface area contributed by atoms with Crippen LogP contribution < -0.4 is 10.5 Å². The Labute approximate surface area is 123 Å². The lowest BCUT2D eigenvalue weighted by molar-refractivity contribution is -0.274. The summed E-state index contributed by atoms with van der Waals surface area (Å²) >= 11 is 5.90. The molecule has 21 heavy (non-hydrogen) atoms. The number of halogens is 4. The third kappa shape index (κ3) is 3.66. The van der Waals surface area contributed by atoms with Crippen LogP contribution in [0, 0.1) is 0 Å². The summed E-state index contributed by atoms with van der Waals surface area (Å²) in [5.41, 5.74) is 5.79. The van der Waals surface area contributed by atoms with E-state index in [2.05, 4.69) is 4.74 Å². The molecule has 0 saturated carbocycles. The Hall–Kier alpha value is -2.21. The quantitative estimate of drug-likeness (QED) is 0.930. The largest absolute Gasteiger partial charge is 0.573 e. The number of ether oxygens (including phenoxy) is 1. The molecule has 3 nitrogen and oxygen atoms in total. The molecule has 2 N–H and O–H groups in total. The zero-order valence-corrected chi connectivity index (χ0v) is 11.2. The molecule has 2 aromatic rings. The van der Waals surface area contributed by atoms with Gasteiger partial charge in [-0.15, -0.1) is 13.2 Å². The first-order valence-corrected chi connectivity index (χ1v) is 6.10. The maximum atomic E-state index is 12.4. The number of alkyl halides is 3. The first kappa shape index (κ1) is 15.2. The average molecular weight is 316 g/mol. The molecule has 0 bridgehead atoms. The standard InChI is InChI=1S/C14H9ClF3NO2/c15-11-7-8(5-6-10(11)13(19)20)9-3-1-2-4-12(9)21-14(16,17)18/h1-7H,(H2,19,20). The van der Waals surface area contributed by atoms with E-state index in [4.69, 9.17) is 17.3 Å². The first-order chi connectivity index (χ1) is 9.78. The predicted molar refractivity (Wildman–Crippen MR) is 72.1 cm³/mol. The molecule has 0 aliphatic heterocycles. The number of amides is 1. The third-order valence-electron chi connectivity index (χ3n) is 2.66. The van der Waals surface area contributed by atoms with Gasteiger partial charge in [0.25, 0.3) is 0 Å². The molecule has 110 valence electrons. The molecule has 0 saturated heterocycles. The minimum absolute atomic E-state index is 0.0572. The van der Waals surface area contributed by atoms with Gasteiger partial charge in [0, 0.05) is 5.56 Å². The monoisotopic (exact) mass is 315 g/mol. The number of hydrogen-bond acceptors (Lipinski definition) is 2. The predicted octanol–water partition coefficient (Wildman–Crippen LogP) is 4.00. The Kier molecular flexibility index (Phi) is 4.09. The van der Waals surface area contributed by atoms with Crippen molar-refractivity contribution in [1.82, 2.24) is 0 Å². The van der Waals surface area contributed by atoms with Crippen LogP contribution in [-0.2, 0) is 0 Å². The Morgan fingerprint density at radius 1 is 1.14 bits per heavy atom. The van der Waals surface area contributed by atoms with Crippen molar-refractivity contribution in [2.45, 2.75) is 6.36 Å². The molecular weight excluding hydrogens is 307 g/mol. The number of hydrogen-bond donors (Lipinski definition) is 1. The lowest BCUT2D eigenvalue weighted by Crippen LogP contribution is -2.17. The molecule has 0 atom stereocenters. The smallest absolute Gasteiger partial charge is 0.405 e. The minimum Gasteiger partial charge on any atom is -0.405 e. The SMILES string of the molecule is NC(=O)c1ccc(-c2ccccc2OC(F)(F)F)cc1Cl. The topological polar surface area (TPSA) is 52.3 Å². The van der Waals surface area contributed by atoms with Gasteiger partial charge >= 0.3 is 6.36 Å². The highest BCUT2D eigenvalue weighted by atomic mass is 35.5. The number of primary amides is 1. The van der Waals surface area contributed by atoms with Crippen molar-refractivity contribution in [3.05, 3.63) is 53.1 Å². The first-order valence-electron chi connectivity index (χ1n) is 5.72. The van der Waals surface area contributed by atoms with Gasteiger partial charge in [0.2, 0.25) is 5.91 Å². The van der Waals surface area contributed by atoms with Gasteiger partial charge in [-0.2, -0.15) is 0 Å². The highest BCUT2D eigenvalue weighted by Crippen LogP contribution is 2.35. The van der Waals surface area contributed by atoms with Crippen molar-refractivity contribution in [2.24, 2.45) is 5.73 Å². The zero-order valence-electron chi connectivity index (χ0n) is 10.4. The molecular formula is C14H9ClF3NO2. The molecule has 0 spiro atoms. The van der Waals surface area contributed by atoms with Crippen molar-refractivity contribution in [2.75, 3.05) is 0 Å². The number of benzene rings is 2. The highest BCUT2D eigenvalue weighted by molar-refractivity contribution is 6.34. The van der Waals surface area contributed by atoms with Gasteiger partial charge in [-0.1, -0.05) is 35.9 Å². The normalized spacial score (nSPS) is 11.2. The van der Waals surface area contributed by atoms with Gasteiger partial charge < -0.3 is 10.5 Å². The molecule has 0 aliphatic carbocycles. The van der Waals surface area contributed by atoms with Crippen LogP contribution in [0.25, 0.3) is 11.1 Å². The van der Waals surface area contributed by atoms with Crippen LogP contribution in [0.15, 0.2) is 42.5 Å². The summed E-state index contributed by atoms with van der Waals surface area (Å²) in [6.45, 7) is 0. The van der Waals surface area contributed by atoms with Gasteiger partial charge in [-0.05, 0) is 23.8 Å². The van der Waals surface area contributed by atoms with Crippen LogP contribution in [0.5, 0.6) is 5.75 Å². The summed E-state index contributed by atoms with van der Waals surface area (Å²) in [5.74, 6) is -1.07. The second-order valence-corrected chi connectivity index (χ2v) is 4.51. The van der Waals surface area contributed by atoms with Crippen molar-refractivity contribution in [1.29, 1.82) is 0 Å². The lowest BCUT2D eigenvalue weighted by atomic mass is 10.0. The molecule has 0 radical (unpaired) electrons. The van der Waals surface area contributed by atoms with Gasteiger partial charge in [-0.25, -0.2) is 0 Å². The van der Waals surface area contributed by atoms with E-state index in [0.717, 1.165) is 0 Å². The zero-order chi connectivity index (χ0) is 15.6. The Balaban J connectivity index is 2.47. The van der Waals surface area contributed by atoms with E-state index in [1.165, 1.54) is 36.4 Å². The molecule has 0 unspecified atom stereocenters. The third-order valence-corrected chi connectivity index (χ3v) is 2.97. The number of rotatable bonds is 3. The summed E-state index contributed by atoms with van der Waals surface area (Å²) in [6, 6.07) is 9.79. The van der Waals surface area contributed by atoms with Crippen LogP contribution in [-0.4, -0.2) is 12.3 Å². The fraction of sp³-hybridized carbons (Fsp3) is 0.0714. The van der Waals surface area contributed by atoms with E-state index >= 15 is 0 Å². The number of para-hydroxylation sites is 1. The minimum atomic E-state index is -4.80. The number of carbonyl (C=O) groups is 1. The van der Waals surface area contributed by atoms with E-state index in [9.17, 15) is 18.0 Å². The average Bonchev–Trinajstić information content (AvgIpc) is 2.36. The second kappa shape index (κ2) is 5.65. The van der Waals surface area contributed by atoms with Crippen LogP contribution >= 0.6 is 11.6 Å². The molecule has 7 heteroatoms. The molecule has 0 aromatic heterocycles. The van der Waals surface area contributed by atoms with Gasteiger partial charge in [0.05, 0.1) is 10.6 Å². The summed E-state index contributed by atoms with van der Waals surface area (Å²) in [5, 5.41) is 0.0572. The van der Waals surface area contributed by atoms with Gasteiger partial charge in [0.1, 0.15) is 5.75 Å². The summed E-state index contributed by atoms with van der Waals surface area (Å²) in [7, 11) is 0. The van der Waals surface area contributed by atoms with E-state index in [0.29, 0.717) is 5.56 Å². The molecule has 0 heterocycles. The fourth-order valence-electron chi connectivity index (χ4n) is 1.80. The summed E-state index contributed by atoms with van der Waals surface area (Å²) in [6.07, 6.45) is -4.80. The number of carbonyl (C=O) groups excluding carboxylic acids is 1. The molecule has 1 amide bonds. The summed E-state index contributed by atoms with van der Waals surface area (Å²) < 4.78 is 41.1. The van der Waals surface area contributed by atoms with E-state index in [1.54, 1.807) is 6.07 Å². The van der Waals surface area contributed by atoms with E-state index < -0.39 is 12.3 Å². The maximum Gasteiger partial charge on any atom is 0.573 e. The van der Waals surface area contributed by atoms with Crippen molar-refractivity contribution in [3.8, 4) is 16.9 Å². The van der Waals surface area contributed by atoms with Crippen molar-refractivity contribution < 1.29 is 22.7 Å². The molecule has 0 fully saturated rings. The fourth-order valence-corrected chi connectivity index (χ4v) is 2.07. The maximum absolute atomic E-state index is 12.4. The van der Waals surface area contributed by atoms with E-state index in [-0.39, 0.29) is 21.9 Å². The van der Waals surface area contributed by atoms with Gasteiger partial charge in [-0.3, -0.25) is 4.79 Å². The van der Waals surface area contributed by atoms with Crippen molar-refractivity contribution >= 4 is 17.5 Å². The van der Waals surface area contributed by atoms with E-state index in [1.807, 2.05) is 0 Å². The van der Waals surface area contributed by atoms with Crippen LogP contribution in [0.2, 0.25) is 5.02 Å². The molecule has 2 rings (SSSR count).